The van der Waals surface area contributed by atoms with Crippen LogP contribution in [0, 0.1) is 0 Å². The monoisotopic (exact) mass is 342 g/mol. The van der Waals surface area contributed by atoms with Crippen molar-refractivity contribution in [1.29, 1.82) is 0 Å². The van der Waals surface area contributed by atoms with Crippen molar-refractivity contribution in [2.24, 2.45) is 0 Å². The van der Waals surface area contributed by atoms with E-state index in [1.165, 1.54) is 0 Å². The number of hydrogen-bond donors (Lipinski definition) is 0. The quantitative estimate of drug-likeness (QED) is 0.404. The van der Waals surface area contributed by atoms with Gasteiger partial charge in [0.15, 0.2) is 0 Å². The second-order valence-corrected chi connectivity index (χ2v) is 0. The summed E-state index contributed by atoms with van der Waals surface area (Å²) in [5.74, 6) is 0. The normalized spacial score (nSPS) is 0. The zero-order valence-corrected chi connectivity index (χ0v) is 14.6. The Balaban J connectivity index is 0. The van der Waals surface area contributed by atoms with Crippen LogP contribution in [0.25, 0.3) is 0 Å². The zero-order valence-electron chi connectivity index (χ0n) is 2.69. The smallest absolute Gasteiger partial charge is 2.00 e. The van der Waals surface area contributed by atoms with Crippen molar-refractivity contribution in [1.82, 2.24) is 0 Å². The molecule has 0 aromatic carbocycles. The predicted octanol–water partition coefficient (Wildman–Crippen LogP) is -3.38. The van der Waals surface area contributed by atoms with Crippen LogP contribution in [0.5, 0.6) is 0 Å². The first-order valence-electron chi connectivity index (χ1n) is 0. The Labute approximate surface area is 109 Å². The summed E-state index contributed by atoms with van der Waals surface area (Å²) in [5, 5.41) is 0. The molecule has 0 fully saturated rings. The first-order chi connectivity index (χ1) is 0. The molecule has 4 heteroatoms. The van der Waals surface area contributed by atoms with Gasteiger partial charge in [0.2, 0.25) is 0 Å². The summed E-state index contributed by atoms with van der Waals surface area (Å²) in [6.45, 7) is 0. The first-order valence-corrected chi connectivity index (χ1v) is 0. The summed E-state index contributed by atoms with van der Waals surface area (Å²) in [6, 6.07) is 0. The second kappa shape index (κ2) is 16.0. The molecule has 0 aromatic rings. The summed E-state index contributed by atoms with van der Waals surface area (Å²) in [7, 11) is 0. The van der Waals surface area contributed by atoms with E-state index < -0.39 is 0 Å². The Hall–Kier alpha value is 3.56. The average molecular weight is 341 g/mol. The fraction of sp³-hybridized carbons (Fsp3) is 0. The Bertz CT molecular complexity index is 8.00. The zero-order chi connectivity index (χ0) is 0. The van der Waals surface area contributed by atoms with Crippen molar-refractivity contribution >= 4 is 33.3 Å². The van der Waals surface area contributed by atoms with Gasteiger partial charge in [-0.2, -0.15) is 0 Å². The van der Waals surface area contributed by atoms with Gasteiger partial charge in [-0.05, 0) is 0 Å². The minimum atomic E-state index is 0. The molecular formula is GaHgKS+3. The van der Waals surface area contributed by atoms with Crippen LogP contribution in [-0.2, 0) is 41.2 Å². The van der Waals surface area contributed by atoms with Crippen molar-refractivity contribution < 1.29 is 79.1 Å². The van der Waals surface area contributed by atoms with Crippen molar-refractivity contribution in [2.75, 3.05) is 0 Å². The van der Waals surface area contributed by atoms with Gasteiger partial charge in [-0.3, -0.25) is 0 Å². The second-order valence-electron chi connectivity index (χ2n) is 0. The molecule has 0 saturated heterocycles. The Morgan fingerprint density at radius 2 is 1.00 bits per heavy atom. The molecule has 0 rings (SSSR count). The van der Waals surface area contributed by atoms with E-state index in [1.807, 2.05) is 0 Å². The summed E-state index contributed by atoms with van der Waals surface area (Å²) < 4.78 is 0. The number of hydrogen-bond acceptors (Lipinski definition) is 0. The molecule has 0 N–H and O–H groups in total. The maximum Gasteiger partial charge on any atom is 3.00 e. The van der Waals surface area contributed by atoms with Gasteiger partial charge in [-0.15, -0.1) is 0 Å². The van der Waals surface area contributed by atoms with Gasteiger partial charge in [0.25, 0.3) is 0 Å². The van der Waals surface area contributed by atoms with Gasteiger partial charge >= 0.3 is 98.8 Å². The van der Waals surface area contributed by atoms with Crippen LogP contribution in [-0.4, -0.2) is 19.8 Å². The van der Waals surface area contributed by atoms with Crippen LogP contribution in [0.4, 0.5) is 0 Å². The average Bonchev–Trinajstić information content (AvgIpc) is 0. The molecule has 0 atom stereocenters. The van der Waals surface area contributed by atoms with Crippen molar-refractivity contribution in [2.45, 2.75) is 0 Å². The molecule has 0 heterocycles. The molecular weight excluding hydrogens is 341 g/mol. The summed E-state index contributed by atoms with van der Waals surface area (Å²) >= 11 is 0. The molecule has 1 radical (unpaired) electrons. The van der Waals surface area contributed by atoms with Crippen LogP contribution in [0.2, 0.25) is 0 Å². The van der Waals surface area contributed by atoms with Gasteiger partial charge in [-0.25, -0.2) is 0 Å². The van der Waals surface area contributed by atoms with Crippen LogP contribution in [0.1, 0.15) is 0 Å². The third-order valence-corrected chi connectivity index (χ3v) is 0. The van der Waals surface area contributed by atoms with E-state index >= 15 is 0 Å². The molecule has 4 heavy (non-hydrogen) atoms. The topological polar surface area (TPSA) is 0 Å². The van der Waals surface area contributed by atoms with Gasteiger partial charge < -0.3 is 13.5 Å². The third-order valence-electron chi connectivity index (χ3n) is 0. The van der Waals surface area contributed by atoms with E-state index in [0.29, 0.717) is 0 Å². The molecule has 0 bridgehead atoms. The van der Waals surface area contributed by atoms with Crippen molar-refractivity contribution in [3.63, 3.8) is 0 Å². The van der Waals surface area contributed by atoms with E-state index in [0.717, 1.165) is 0 Å². The van der Waals surface area contributed by atoms with Gasteiger partial charge in [-0.1, -0.05) is 0 Å². The predicted molar refractivity (Wildman–Crippen MR) is 13.1 cm³/mol. The van der Waals surface area contributed by atoms with Crippen molar-refractivity contribution in [3.8, 4) is 0 Å². The molecule has 0 spiro atoms. The summed E-state index contributed by atoms with van der Waals surface area (Å²) in [6.07, 6.45) is 0. The Kier molecular flexibility index (Phi) is 103. The SMILES string of the molecule is [Ga+3].[Hg+].[K+].[S-2]. The largest absolute Gasteiger partial charge is 3.00 e. The maximum absolute atomic E-state index is 0. The third kappa shape index (κ3) is 9.12. The fourth-order valence-corrected chi connectivity index (χ4v) is 0. The molecule has 0 saturated carbocycles. The van der Waals surface area contributed by atoms with Crippen LogP contribution < -0.4 is 51.4 Å². The molecule has 0 nitrogen and oxygen atoms in total. The van der Waals surface area contributed by atoms with Crippen LogP contribution >= 0.6 is 0 Å². The van der Waals surface area contributed by atoms with E-state index in [4.69, 9.17) is 0 Å². The molecule has 0 aliphatic rings. The van der Waals surface area contributed by atoms with E-state index in [1.54, 1.807) is 0 Å². The molecule has 0 aliphatic carbocycles. The van der Waals surface area contributed by atoms with Crippen LogP contribution in [0.3, 0.4) is 0 Å². The summed E-state index contributed by atoms with van der Waals surface area (Å²) in [5.41, 5.74) is 0. The van der Waals surface area contributed by atoms with E-state index in [9.17, 15) is 0 Å². The van der Waals surface area contributed by atoms with Gasteiger partial charge in [0, 0.05) is 0 Å². The molecule has 0 amide bonds. The Morgan fingerprint density at radius 1 is 1.00 bits per heavy atom. The molecule has 0 unspecified atom stereocenters. The number of rotatable bonds is 0. The molecule has 0 aromatic heterocycles. The van der Waals surface area contributed by atoms with Crippen LogP contribution in [0.15, 0.2) is 0 Å². The molecule has 0 aliphatic heterocycles. The van der Waals surface area contributed by atoms with E-state index in [2.05, 4.69) is 0 Å². The maximum atomic E-state index is 0. The van der Waals surface area contributed by atoms with Gasteiger partial charge in [0.1, 0.15) is 0 Å². The molecule has 9 valence electrons. The van der Waals surface area contributed by atoms with Crippen molar-refractivity contribution in [3.05, 3.63) is 0 Å². The Morgan fingerprint density at radius 3 is 1.00 bits per heavy atom. The minimum Gasteiger partial charge on any atom is -2.00 e. The minimum absolute atomic E-state index is 0. The first kappa shape index (κ1) is 25.7. The van der Waals surface area contributed by atoms with E-state index in [-0.39, 0.29) is 112 Å². The fourth-order valence-electron chi connectivity index (χ4n) is 0. The van der Waals surface area contributed by atoms with Gasteiger partial charge in [0.05, 0.1) is 0 Å². The standard InChI is InChI=1S/Ga.Hg.K.S/q+3;2*+1;-2. The summed E-state index contributed by atoms with van der Waals surface area (Å²) in [4.78, 5) is 0.